The number of piperidine rings is 1. The first kappa shape index (κ1) is 20.0. The minimum Gasteiger partial charge on any atom is -0.373 e. The molecule has 0 aliphatic carbocycles. The molecule has 1 atom stereocenters. The number of amides is 1. The summed E-state index contributed by atoms with van der Waals surface area (Å²) < 4.78 is 9.81. The number of likely N-dealkylation sites (tertiary alicyclic amines) is 1. The van der Waals surface area contributed by atoms with Crippen LogP contribution in [0, 0.1) is 5.41 Å². The molecule has 2 aliphatic rings. The highest BCUT2D eigenvalue weighted by Gasteiger charge is 2.39. The van der Waals surface area contributed by atoms with E-state index in [2.05, 4.69) is 38.6 Å². The Bertz CT molecular complexity index is 851. The first-order valence-electron chi connectivity index (χ1n) is 10.5. The number of nitrogens with zero attached hydrogens (tertiary/aromatic N) is 6. The number of nitrogens with one attached hydrogen (secondary N) is 1. The fourth-order valence-electron chi connectivity index (χ4n) is 4.21. The van der Waals surface area contributed by atoms with Crippen molar-refractivity contribution in [1.82, 2.24) is 34.8 Å². The molecular weight excluding hydrogens is 370 g/mol. The van der Waals surface area contributed by atoms with Crippen LogP contribution in [0.1, 0.15) is 55.1 Å². The molecule has 29 heavy (non-hydrogen) atoms. The summed E-state index contributed by atoms with van der Waals surface area (Å²) in [4.78, 5) is 15.2. The second-order valence-corrected chi connectivity index (χ2v) is 8.60. The first-order chi connectivity index (χ1) is 14.0. The molecule has 9 nitrogen and oxygen atoms in total. The average Bonchev–Trinajstić information content (AvgIpc) is 3.25. The van der Waals surface area contributed by atoms with Crippen molar-refractivity contribution in [1.29, 1.82) is 0 Å². The smallest absolute Gasteiger partial charge is 0.289 e. The molecule has 0 aromatic carbocycles. The number of aromatic nitrogens is 5. The van der Waals surface area contributed by atoms with Crippen LogP contribution in [-0.2, 0) is 31.5 Å². The predicted octanol–water partition coefficient (Wildman–Crippen LogP) is 1.35. The van der Waals surface area contributed by atoms with Crippen LogP contribution in [0.5, 0.6) is 0 Å². The topological polar surface area (TPSA) is 90.1 Å². The van der Waals surface area contributed by atoms with Gasteiger partial charge in [-0.1, -0.05) is 6.92 Å². The second kappa shape index (κ2) is 8.23. The Kier molecular flexibility index (Phi) is 5.69. The fraction of sp³-hybridized carbons (Fsp3) is 0.700. The van der Waals surface area contributed by atoms with Gasteiger partial charge in [0.1, 0.15) is 6.61 Å². The maximum atomic E-state index is 12.7. The fourth-order valence-corrected chi connectivity index (χ4v) is 4.21. The van der Waals surface area contributed by atoms with Gasteiger partial charge >= 0.3 is 0 Å². The third kappa shape index (κ3) is 4.35. The summed E-state index contributed by atoms with van der Waals surface area (Å²) in [5.74, 6) is 1.00. The van der Waals surface area contributed by atoms with Gasteiger partial charge in [0.2, 0.25) is 5.82 Å². The van der Waals surface area contributed by atoms with E-state index < -0.39 is 0 Å². The predicted molar refractivity (Wildman–Crippen MR) is 107 cm³/mol. The molecule has 0 bridgehead atoms. The van der Waals surface area contributed by atoms with Gasteiger partial charge in [0.05, 0.1) is 12.8 Å². The second-order valence-electron chi connectivity index (χ2n) is 8.60. The molecule has 2 aliphatic heterocycles. The van der Waals surface area contributed by atoms with E-state index in [-0.39, 0.29) is 17.4 Å². The molecule has 2 aromatic rings. The molecule has 158 valence electrons. The number of rotatable bonds is 5. The molecule has 1 N–H and O–H groups in total. The summed E-state index contributed by atoms with van der Waals surface area (Å²) in [6, 6.07) is 0.113. The normalized spacial score (nSPS) is 20.2. The quantitative estimate of drug-likeness (QED) is 0.813. The molecule has 4 heterocycles. The van der Waals surface area contributed by atoms with E-state index in [4.69, 9.17) is 4.74 Å². The number of carbonyl (C=O) groups excluding carboxylic acids is 1. The van der Waals surface area contributed by atoms with Gasteiger partial charge in [-0.15, -0.1) is 10.2 Å². The molecule has 1 fully saturated rings. The van der Waals surface area contributed by atoms with Crippen LogP contribution >= 0.6 is 0 Å². The van der Waals surface area contributed by atoms with Gasteiger partial charge in [0.15, 0.2) is 5.82 Å². The molecule has 1 spiro atoms. The maximum Gasteiger partial charge on any atom is 0.289 e. The Hall–Kier alpha value is -2.26. The van der Waals surface area contributed by atoms with Crippen LogP contribution < -0.4 is 5.32 Å². The number of aryl methyl sites for hydroxylation is 1. The van der Waals surface area contributed by atoms with Crippen molar-refractivity contribution in [3.63, 3.8) is 0 Å². The number of hydrogen-bond acceptors (Lipinski definition) is 6. The molecule has 0 radical (unpaired) electrons. The molecular formula is C20H31N7O2. The summed E-state index contributed by atoms with van der Waals surface area (Å²) in [6.07, 6.45) is 6.94. The van der Waals surface area contributed by atoms with Gasteiger partial charge in [-0.2, -0.15) is 5.10 Å². The Balaban J connectivity index is 1.44. The van der Waals surface area contributed by atoms with E-state index in [1.165, 1.54) is 5.56 Å². The lowest BCUT2D eigenvalue weighted by atomic mass is 9.78. The monoisotopic (exact) mass is 401 g/mol. The SMILES string of the molecule is CCC(C)NC(=O)c1nnc2n1CC1(CCN(Cc3cnn(C)c3)CC1)COC2. The zero-order valence-electron chi connectivity index (χ0n) is 17.6. The lowest BCUT2D eigenvalue weighted by Gasteiger charge is -2.41. The standard InChI is InChI=1S/C20H31N7O2/c1-4-15(2)22-19(28)18-24-23-17-12-29-14-20(13-27(17)18)5-7-26(8-6-20)11-16-9-21-25(3)10-16/h9-10,15H,4-8,11-14H2,1-3H3,(H,22,28). The van der Waals surface area contributed by atoms with E-state index in [0.717, 1.165) is 51.3 Å². The molecule has 4 rings (SSSR count). The van der Waals surface area contributed by atoms with E-state index in [9.17, 15) is 4.79 Å². The average molecular weight is 402 g/mol. The van der Waals surface area contributed by atoms with Crippen molar-refractivity contribution in [2.75, 3.05) is 19.7 Å². The minimum absolute atomic E-state index is 0.0183. The van der Waals surface area contributed by atoms with Crippen LogP contribution in [0.25, 0.3) is 0 Å². The zero-order chi connectivity index (χ0) is 20.4. The van der Waals surface area contributed by atoms with E-state index in [1.54, 1.807) is 0 Å². The Morgan fingerprint density at radius 1 is 1.34 bits per heavy atom. The lowest BCUT2D eigenvalue weighted by molar-refractivity contribution is -0.00570. The van der Waals surface area contributed by atoms with Crippen LogP contribution in [0.15, 0.2) is 12.4 Å². The molecule has 2 aromatic heterocycles. The Morgan fingerprint density at radius 3 is 2.83 bits per heavy atom. The highest BCUT2D eigenvalue weighted by atomic mass is 16.5. The van der Waals surface area contributed by atoms with Gasteiger partial charge in [-0.25, -0.2) is 0 Å². The lowest BCUT2D eigenvalue weighted by Crippen LogP contribution is -2.44. The molecule has 1 saturated heterocycles. The van der Waals surface area contributed by atoms with Crippen LogP contribution in [0.4, 0.5) is 0 Å². The van der Waals surface area contributed by atoms with Crippen LogP contribution in [0.2, 0.25) is 0 Å². The summed E-state index contributed by atoms with van der Waals surface area (Å²) >= 11 is 0. The van der Waals surface area contributed by atoms with Gasteiger partial charge < -0.3 is 14.6 Å². The highest BCUT2D eigenvalue weighted by Crippen LogP contribution is 2.36. The number of carbonyl (C=O) groups is 1. The Labute approximate surface area is 171 Å². The first-order valence-corrected chi connectivity index (χ1v) is 10.5. The highest BCUT2D eigenvalue weighted by molar-refractivity contribution is 5.90. The van der Waals surface area contributed by atoms with Gasteiger partial charge in [0, 0.05) is 43.4 Å². The number of fused-ring (bicyclic) bond motifs is 1. The largest absolute Gasteiger partial charge is 0.373 e. The van der Waals surface area contributed by atoms with Crippen molar-refractivity contribution < 1.29 is 9.53 Å². The van der Waals surface area contributed by atoms with Crippen molar-refractivity contribution in [3.8, 4) is 0 Å². The zero-order valence-corrected chi connectivity index (χ0v) is 17.6. The molecule has 9 heteroatoms. The minimum atomic E-state index is -0.149. The maximum absolute atomic E-state index is 12.7. The molecule has 0 saturated carbocycles. The number of ether oxygens (including phenoxy) is 1. The van der Waals surface area contributed by atoms with E-state index in [1.807, 2.05) is 29.4 Å². The van der Waals surface area contributed by atoms with Crippen molar-refractivity contribution in [2.45, 2.75) is 58.8 Å². The van der Waals surface area contributed by atoms with Gasteiger partial charge in [0.25, 0.3) is 5.91 Å². The number of hydrogen-bond donors (Lipinski definition) is 1. The third-order valence-corrected chi connectivity index (χ3v) is 6.23. The van der Waals surface area contributed by atoms with Crippen molar-refractivity contribution >= 4 is 5.91 Å². The summed E-state index contributed by atoms with van der Waals surface area (Å²) in [6.45, 7) is 8.82. The van der Waals surface area contributed by atoms with Crippen molar-refractivity contribution in [3.05, 3.63) is 29.6 Å². The molecule has 1 unspecified atom stereocenters. The van der Waals surface area contributed by atoms with Crippen LogP contribution in [0.3, 0.4) is 0 Å². The Morgan fingerprint density at radius 2 is 2.14 bits per heavy atom. The third-order valence-electron chi connectivity index (χ3n) is 6.23. The summed E-state index contributed by atoms with van der Waals surface area (Å²) in [5, 5.41) is 15.7. The van der Waals surface area contributed by atoms with E-state index in [0.29, 0.717) is 19.0 Å². The summed E-state index contributed by atoms with van der Waals surface area (Å²) in [7, 11) is 1.95. The van der Waals surface area contributed by atoms with Crippen LogP contribution in [-0.4, -0.2) is 61.1 Å². The van der Waals surface area contributed by atoms with Gasteiger partial charge in [-0.3, -0.25) is 14.4 Å². The van der Waals surface area contributed by atoms with Gasteiger partial charge in [-0.05, 0) is 39.3 Å². The summed E-state index contributed by atoms with van der Waals surface area (Å²) in [5.41, 5.74) is 1.26. The molecule has 1 amide bonds. The van der Waals surface area contributed by atoms with Crippen molar-refractivity contribution in [2.24, 2.45) is 12.5 Å². The van der Waals surface area contributed by atoms with E-state index >= 15 is 0 Å².